The van der Waals surface area contributed by atoms with Crippen molar-refractivity contribution in [2.45, 2.75) is 32.6 Å². The lowest BCUT2D eigenvalue weighted by Crippen LogP contribution is -2.34. The number of halogens is 1. The fourth-order valence-corrected chi connectivity index (χ4v) is 2.66. The summed E-state index contributed by atoms with van der Waals surface area (Å²) in [6.07, 6.45) is 0.330. The molecule has 0 heterocycles. The molecule has 0 aliphatic rings. The predicted molar refractivity (Wildman–Crippen MR) is 112 cm³/mol. The summed E-state index contributed by atoms with van der Waals surface area (Å²) in [5.74, 6) is -1.95. The van der Waals surface area contributed by atoms with Crippen molar-refractivity contribution >= 4 is 17.8 Å². The third-order valence-electron chi connectivity index (χ3n) is 4.44. The Bertz CT molecular complexity index is 889. The Morgan fingerprint density at radius 3 is 2.27 bits per heavy atom. The van der Waals surface area contributed by atoms with E-state index >= 15 is 0 Å². The Morgan fingerprint density at radius 2 is 1.63 bits per heavy atom. The molecule has 0 aromatic heterocycles. The van der Waals surface area contributed by atoms with Gasteiger partial charge in [-0.3, -0.25) is 14.4 Å². The van der Waals surface area contributed by atoms with Crippen molar-refractivity contribution < 1.29 is 23.5 Å². The van der Waals surface area contributed by atoms with E-state index in [1.807, 2.05) is 12.1 Å². The lowest BCUT2D eigenvalue weighted by atomic mass is 9.87. The topological polar surface area (TPSA) is 84.5 Å². The van der Waals surface area contributed by atoms with Gasteiger partial charge in [-0.05, 0) is 41.2 Å². The van der Waals surface area contributed by atoms with E-state index in [9.17, 15) is 18.8 Å². The van der Waals surface area contributed by atoms with Crippen molar-refractivity contribution in [2.75, 3.05) is 19.7 Å². The van der Waals surface area contributed by atoms with Crippen molar-refractivity contribution in [3.8, 4) is 0 Å². The molecule has 2 rings (SSSR count). The predicted octanol–water partition coefficient (Wildman–Crippen LogP) is 2.76. The van der Waals surface area contributed by atoms with Gasteiger partial charge >= 0.3 is 5.97 Å². The first-order chi connectivity index (χ1) is 14.2. The van der Waals surface area contributed by atoms with E-state index in [2.05, 4.69) is 31.4 Å². The van der Waals surface area contributed by atoms with Gasteiger partial charge in [0.15, 0.2) is 6.61 Å². The Morgan fingerprint density at radius 1 is 0.967 bits per heavy atom. The van der Waals surface area contributed by atoms with Crippen LogP contribution in [0.5, 0.6) is 0 Å². The summed E-state index contributed by atoms with van der Waals surface area (Å²) in [4.78, 5) is 35.6. The molecule has 2 aromatic carbocycles. The van der Waals surface area contributed by atoms with Gasteiger partial charge in [0.1, 0.15) is 12.4 Å². The first kappa shape index (κ1) is 23.1. The van der Waals surface area contributed by atoms with Crippen molar-refractivity contribution in [3.05, 3.63) is 71.0 Å². The van der Waals surface area contributed by atoms with Crippen LogP contribution in [0.4, 0.5) is 4.39 Å². The molecule has 0 unspecified atom stereocenters. The number of benzene rings is 2. The lowest BCUT2D eigenvalue weighted by molar-refractivity contribution is -0.147. The smallest absolute Gasteiger partial charge is 0.325 e. The maximum atomic E-state index is 13.5. The third-order valence-corrected chi connectivity index (χ3v) is 4.44. The largest absolute Gasteiger partial charge is 0.454 e. The van der Waals surface area contributed by atoms with E-state index in [1.54, 1.807) is 30.3 Å². The van der Waals surface area contributed by atoms with Gasteiger partial charge in [-0.25, -0.2) is 4.39 Å². The monoisotopic (exact) mass is 414 g/mol. The minimum Gasteiger partial charge on any atom is -0.454 e. The molecule has 0 saturated carbocycles. The molecule has 2 N–H and O–H groups in total. The van der Waals surface area contributed by atoms with Crippen LogP contribution in [0, 0.1) is 5.82 Å². The highest BCUT2D eigenvalue weighted by Gasteiger charge is 2.15. The summed E-state index contributed by atoms with van der Waals surface area (Å²) in [5, 5.41) is 5.02. The van der Waals surface area contributed by atoms with Gasteiger partial charge in [-0.2, -0.15) is 0 Å². The first-order valence-electron chi connectivity index (χ1n) is 9.71. The molecular weight excluding hydrogens is 387 g/mol. The molecule has 0 aliphatic heterocycles. The standard InChI is InChI=1S/C23H27FN2O4/c1-23(2,3)18-10-8-17(9-11-18)22(29)26-14-21(28)30-15-20(27)25-13-12-16-6-4-5-7-19(16)24/h4-11H,12-15H2,1-3H3,(H,25,27)(H,26,29). The fourth-order valence-electron chi connectivity index (χ4n) is 2.66. The second kappa shape index (κ2) is 10.5. The molecule has 0 saturated heterocycles. The van der Waals surface area contributed by atoms with Gasteiger partial charge in [0, 0.05) is 12.1 Å². The molecule has 7 heteroatoms. The number of nitrogens with one attached hydrogen (secondary N) is 2. The van der Waals surface area contributed by atoms with E-state index in [1.165, 1.54) is 6.07 Å². The average molecular weight is 414 g/mol. The average Bonchev–Trinajstić information content (AvgIpc) is 2.71. The number of ether oxygens (including phenoxy) is 1. The third kappa shape index (κ3) is 7.31. The first-order valence-corrected chi connectivity index (χ1v) is 9.71. The van der Waals surface area contributed by atoms with E-state index in [4.69, 9.17) is 4.74 Å². The minimum absolute atomic E-state index is 0.0192. The quantitative estimate of drug-likeness (QED) is 0.651. The van der Waals surface area contributed by atoms with Crippen molar-refractivity contribution in [2.24, 2.45) is 0 Å². The SMILES string of the molecule is CC(C)(C)c1ccc(C(=O)NCC(=O)OCC(=O)NCCc2ccccc2F)cc1. The number of esters is 1. The van der Waals surface area contributed by atoms with Crippen LogP contribution < -0.4 is 10.6 Å². The van der Waals surface area contributed by atoms with E-state index in [0.29, 0.717) is 17.5 Å². The normalized spacial score (nSPS) is 10.9. The molecule has 2 amide bonds. The maximum Gasteiger partial charge on any atom is 0.325 e. The molecule has 0 atom stereocenters. The van der Waals surface area contributed by atoms with Gasteiger partial charge < -0.3 is 15.4 Å². The fraction of sp³-hybridized carbons (Fsp3) is 0.348. The number of rotatable bonds is 8. The Balaban J connectivity index is 1.67. The van der Waals surface area contributed by atoms with Gasteiger partial charge in [0.2, 0.25) is 0 Å². The van der Waals surface area contributed by atoms with Crippen LogP contribution in [0.3, 0.4) is 0 Å². The summed E-state index contributed by atoms with van der Waals surface area (Å²) in [7, 11) is 0. The highest BCUT2D eigenvalue weighted by molar-refractivity contribution is 5.96. The second-order valence-electron chi connectivity index (χ2n) is 7.86. The summed E-state index contributed by atoms with van der Waals surface area (Å²) in [5.41, 5.74) is 2.00. The minimum atomic E-state index is -0.723. The number of hydrogen-bond acceptors (Lipinski definition) is 4. The van der Waals surface area contributed by atoms with Crippen molar-refractivity contribution in [1.82, 2.24) is 10.6 Å². The molecule has 0 bridgehead atoms. The summed E-state index contributed by atoms with van der Waals surface area (Å²) < 4.78 is 18.3. The van der Waals surface area contributed by atoms with Crippen LogP contribution in [0.15, 0.2) is 48.5 Å². The van der Waals surface area contributed by atoms with Crippen LogP contribution in [0.25, 0.3) is 0 Å². The zero-order chi connectivity index (χ0) is 22.1. The molecule has 6 nitrogen and oxygen atoms in total. The van der Waals surface area contributed by atoms with Crippen molar-refractivity contribution in [3.63, 3.8) is 0 Å². The molecule has 2 aromatic rings. The molecule has 0 radical (unpaired) electrons. The van der Waals surface area contributed by atoms with Gasteiger partial charge in [0.25, 0.3) is 11.8 Å². The molecule has 0 aliphatic carbocycles. The Hall–Kier alpha value is -3.22. The van der Waals surface area contributed by atoms with Gasteiger partial charge in [-0.1, -0.05) is 51.1 Å². The number of carbonyl (C=O) groups is 3. The molecule has 160 valence electrons. The highest BCUT2D eigenvalue weighted by atomic mass is 19.1. The van der Waals surface area contributed by atoms with Gasteiger partial charge in [0.05, 0.1) is 0 Å². The van der Waals surface area contributed by atoms with Gasteiger partial charge in [-0.15, -0.1) is 0 Å². The summed E-state index contributed by atoms with van der Waals surface area (Å²) in [6, 6.07) is 13.4. The van der Waals surface area contributed by atoms with Crippen LogP contribution in [-0.2, 0) is 26.2 Å². The van der Waals surface area contributed by atoms with Crippen LogP contribution in [-0.4, -0.2) is 37.5 Å². The van der Waals surface area contributed by atoms with Crippen LogP contribution in [0.1, 0.15) is 42.3 Å². The van der Waals surface area contributed by atoms with E-state index < -0.39 is 24.4 Å². The second-order valence-corrected chi connectivity index (χ2v) is 7.86. The zero-order valence-electron chi connectivity index (χ0n) is 17.5. The summed E-state index contributed by atoms with van der Waals surface area (Å²) >= 11 is 0. The lowest BCUT2D eigenvalue weighted by Gasteiger charge is -2.19. The molecular formula is C23H27FN2O4. The maximum absolute atomic E-state index is 13.5. The number of amides is 2. The Kier molecular flexibility index (Phi) is 8.09. The van der Waals surface area contributed by atoms with E-state index in [-0.39, 0.29) is 24.3 Å². The molecule has 30 heavy (non-hydrogen) atoms. The molecule has 0 fully saturated rings. The Labute approximate surface area is 175 Å². The van der Waals surface area contributed by atoms with Crippen LogP contribution >= 0.6 is 0 Å². The number of carbonyl (C=O) groups excluding carboxylic acids is 3. The number of hydrogen-bond donors (Lipinski definition) is 2. The van der Waals surface area contributed by atoms with Crippen LogP contribution in [0.2, 0.25) is 0 Å². The zero-order valence-corrected chi connectivity index (χ0v) is 17.5. The summed E-state index contributed by atoms with van der Waals surface area (Å²) in [6.45, 7) is 5.64. The van der Waals surface area contributed by atoms with Crippen molar-refractivity contribution in [1.29, 1.82) is 0 Å². The highest BCUT2D eigenvalue weighted by Crippen LogP contribution is 2.22. The molecule has 0 spiro atoms. The van der Waals surface area contributed by atoms with E-state index in [0.717, 1.165) is 5.56 Å².